The van der Waals surface area contributed by atoms with Crippen LogP contribution in [-0.4, -0.2) is 18.3 Å². The van der Waals surface area contributed by atoms with Gasteiger partial charge in [0.25, 0.3) is 8.32 Å². The summed E-state index contributed by atoms with van der Waals surface area (Å²) < 4.78 is 6.75. The van der Waals surface area contributed by atoms with Gasteiger partial charge in [-0.25, -0.2) is 4.98 Å². The smallest absolute Gasteiger partial charge is 0.258 e. The fourth-order valence-corrected chi connectivity index (χ4v) is 9.60. The van der Waals surface area contributed by atoms with Crippen LogP contribution in [0.4, 0.5) is 0 Å². The molecule has 0 fully saturated rings. The van der Waals surface area contributed by atoms with Gasteiger partial charge >= 0.3 is 0 Å². The van der Waals surface area contributed by atoms with Crippen LogP contribution in [0.3, 0.4) is 0 Å². The second-order valence-electron chi connectivity index (χ2n) is 8.19. The average Bonchev–Trinajstić information content (AvgIpc) is 2.65. The van der Waals surface area contributed by atoms with Crippen LogP contribution in [0.1, 0.15) is 41.5 Å². The minimum atomic E-state index is -1.93. The molecular formula is C23H30N2OSi. The quantitative estimate of drug-likeness (QED) is 0.440. The van der Waals surface area contributed by atoms with Gasteiger partial charge in [-0.05, 0) is 53.0 Å². The Hall–Kier alpha value is -2.20. The molecule has 0 aliphatic carbocycles. The predicted molar refractivity (Wildman–Crippen MR) is 117 cm³/mol. The summed E-state index contributed by atoms with van der Waals surface area (Å²) in [4.78, 5) is 9.26. The molecule has 4 heteroatoms. The Bertz CT molecular complexity index is 882. The van der Waals surface area contributed by atoms with Crippen molar-refractivity contribution in [2.45, 2.75) is 58.2 Å². The largest absolute Gasteiger partial charge is 0.543 e. The normalized spacial score (nSPS) is 12.3. The lowest BCUT2D eigenvalue weighted by Crippen LogP contribution is -2.50. The number of rotatable bonds is 6. The van der Waals surface area contributed by atoms with E-state index in [9.17, 15) is 0 Å². The molecule has 3 aromatic rings. The number of para-hydroxylation sites is 2. The lowest BCUT2D eigenvalue weighted by molar-refractivity contribution is 0.480. The first-order valence-corrected chi connectivity index (χ1v) is 12.0. The zero-order valence-electron chi connectivity index (χ0n) is 17.2. The fourth-order valence-electron chi connectivity index (χ4n) is 4.35. The molecule has 0 spiro atoms. The maximum atomic E-state index is 6.75. The summed E-state index contributed by atoms with van der Waals surface area (Å²) in [6.45, 7) is 13.9. The van der Waals surface area contributed by atoms with Gasteiger partial charge in [0.05, 0.1) is 22.9 Å². The van der Waals surface area contributed by atoms with E-state index in [1.165, 1.54) is 0 Å². The van der Waals surface area contributed by atoms with Gasteiger partial charge in [0.1, 0.15) is 5.75 Å². The van der Waals surface area contributed by atoms with Crippen LogP contribution in [0, 0.1) is 0 Å². The molecule has 0 aliphatic rings. The highest BCUT2D eigenvalue weighted by molar-refractivity contribution is 6.78. The van der Waals surface area contributed by atoms with E-state index in [1.807, 2.05) is 30.5 Å². The molecule has 0 saturated heterocycles. The molecular weight excluding hydrogens is 348 g/mol. The van der Waals surface area contributed by atoms with Crippen molar-refractivity contribution in [3.63, 3.8) is 0 Å². The minimum absolute atomic E-state index is 0.559. The second kappa shape index (κ2) is 7.81. The van der Waals surface area contributed by atoms with Crippen molar-refractivity contribution in [1.82, 2.24) is 9.97 Å². The highest BCUT2D eigenvalue weighted by Gasteiger charge is 2.46. The predicted octanol–water partition coefficient (Wildman–Crippen LogP) is 6.85. The molecule has 2 aromatic carbocycles. The second-order valence-corrected chi connectivity index (χ2v) is 13.6. The zero-order valence-corrected chi connectivity index (χ0v) is 18.2. The van der Waals surface area contributed by atoms with Gasteiger partial charge in [-0.1, -0.05) is 53.7 Å². The van der Waals surface area contributed by atoms with E-state index in [0.717, 1.165) is 28.0 Å². The van der Waals surface area contributed by atoms with Crippen LogP contribution in [0.2, 0.25) is 16.6 Å². The van der Waals surface area contributed by atoms with Crippen LogP contribution in [-0.2, 0) is 0 Å². The summed E-state index contributed by atoms with van der Waals surface area (Å²) in [5, 5.41) is 0. The molecule has 0 amide bonds. The van der Waals surface area contributed by atoms with Crippen molar-refractivity contribution in [3.8, 4) is 17.0 Å². The number of hydrogen-bond acceptors (Lipinski definition) is 3. The Balaban J connectivity index is 1.89. The number of hydrogen-bond donors (Lipinski definition) is 0. The molecule has 1 aromatic heterocycles. The first-order chi connectivity index (χ1) is 12.8. The molecule has 142 valence electrons. The SMILES string of the molecule is CC(C)[Si](Oc1ccc(-c2cnc3ccccc3n2)cc1)(C(C)C)C(C)C. The van der Waals surface area contributed by atoms with Crippen molar-refractivity contribution in [3.05, 3.63) is 54.7 Å². The molecule has 3 rings (SSSR count). The Morgan fingerprint density at radius 1 is 0.741 bits per heavy atom. The van der Waals surface area contributed by atoms with E-state index in [-0.39, 0.29) is 0 Å². The van der Waals surface area contributed by atoms with Crippen LogP contribution in [0.15, 0.2) is 54.7 Å². The molecule has 0 saturated carbocycles. The van der Waals surface area contributed by atoms with Gasteiger partial charge in [0, 0.05) is 5.56 Å². The van der Waals surface area contributed by atoms with Crippen molar-refractivity contribution < 1.29 is 4.43 Å². The van der Waals surface area contributed by atoms with E-state index in [1.54, 1.807) is 0 Å². The van der Waals surface area contributed by atoms with Gasteiger partial charge in [0.2, 0.25) is 0 Å². The van der Waals surface area contributed by atoms with Gasteiger partial charge < -0.3 is 4.43 Å². The molecule has 0 aliphatic heterocycles. The molecule has 0 unspecified atom stereocenters. The highest BCUT2D eigenvalue weighted by Crippen LogP contribution is 2.42. The topological polar surface area (TPSA) is 35.0 Å². The van der Waals surface area contributed by atoms with Crippen molar-refractivity contribution in [2.75, 3.05) is 0 Å². The van der Waals surface area contributed by atoms with Gasteiger partial charge in [-0.15, -0.1) is 0 Å². The number of nitrogens with zero attached hydrogens (tertiary/aromatic N) is 2. The van der Waals surface area contributed by atoms with Gasteiger partial charge in [-0.3, -0.25) is 4.98 Å². The average molecular weight is 379 g/mol. The number of aromatic nitrogens is 2. The van der Waals surface area contributed by atoms with Crippen molar-refractivity contribution in [1.29, 1.82) is 0 Å². The molecule has 0 atom stereocenters. The summed E-state index contributed by atoms with van der Waals surface area (Å²) in [6, 6.07) is 16.3. The lowest BCUT2D eigenvalue weighted by atomic mass is 10.1. The van der Waals surface area contributed by atoms with E-state index in [4.69, 9.17) is 9.41 Å². The summed E-state index contributed by atoms with van der Waals surface area (Å²) >= 11 is 0. The lowest BCUT2D eigenvalue weighted by Gasteiger charge is -2.42. The van der Waals surface area contributed by atoms with Crippen LogP contribution < -0.4 is 4.43 Å². The Morgan fingerprint density at radius 3 is 1.85 bits per heavy atom. The summed E-state index contributed by atoms with van der Waals surface area (Å²) in [6.07, 6.45) is 1.84. The third-order valence-electron chi connectivity index (χ3n) is 5.60. The van der Waals surface area contributed by atoms with Crippen molar-refractivity contribution >= 4 is 19.4 Å². The number of fused-ring (bicyclic) bond motifs is 1. The number of benzene rings is 2. The van der Waals surface area contributed by atoms with Crippen LogP contribution in [0.5, 0.6) is 5.75 Å². The van der Waals surface area contributed by atoms with E-state index in [2.05, 4.69) is 70.8 Å². The third kappa shape index (κ3) is 3.77. The van der Waals surface area contributed by atoms with Crippen LogP contribution in [0.25, 0.3) is 22.3 Å². The summed E-state index contributed by atoms with van der Waals surface area (Å²) in [5.41, 5.74) is 5.46. The van der Waals surface area contributed by atoms with Crippen LogP contribution >= 0.6 is 0 Å². The Labute approximate surface area is 164 Å². The molecule has 1 heterocycles. The standard InChI is InChI=1S/C23H30N2OSi/c1-16(2)27(17(3)4,18(5)6)26-20-13-11-19(12-14-20)23-15-24-21-9-7-8-10-22(21)25-23/h7-18H,1-6H3. The maximum absolute atomic E-state index is 6.75. The Kier molecular flexibility index (Phi) is 5.66. The van der Waals surface area contributed by atoms with E-state index < -0.39 is 8.32 Å². The van der Waals surface area contributed by atoms with Gasteiger partial charge in [-0.2, -0.15) is 0 Å². The Morgan fingerprint density at radius 2 is 1.30 bits per heavy atom. The molecule has 0 N–H and O–H groups in total. The van der Waals surface area contributed by atoms with Crippen molar-refractivity contribution in [2.24, 2.45) is 0 Å². The fraction of sp³-hybridized carbons (Fsp3) is 0.391. The highest BCUT2D eigenvalue weighted by atomic mass is 28.4. The molecule has 27 heavy (non-hydrogen) atoms. The van der Waals surface area contributed by atoms with E-state index in [0.29, 0.717) is 16.6 Å². The van der Waals surface area contributed by atoms with E-state index >= 15 is 0 Å². The third-order valence-corrected chi connectivity index (χ3v) is 11.6. The minimum Gasteiger partial charge on any atom is -0.543 e. The van der Waals surface area contributed by atoms with Gasteiger partial charge in [0.15, 0.2) is 0 Å². The first kappa shape index (κ1) is 19.6. The summed E-state index contributed by atoms with van der Waals surface area (Å²) in [7, 11) is -1.93. The molecule has 0 radical (unpaired) electrons. The maximum Gasteiger partial charge on any atom is 0.258 e. The first-order valence-electron chi connectivity index (χ1n) is 9.85. The summed E-state index contributed by atoms with van der Waals surface area (Å²) in [5.74, 6) is 0.968. The molecule has 3 nitrogen and oxygen atoms in total. The monoisotopic (exact) mass is 378 g/mol. The molecule has 0 bridgehead atoms. The zero-order chi connectivity index (χ0) is 19.6.